The summed E-state index contributed by atoms with van der Waals surface area (Å²) in [5.74, 6) is -0.245. The molecule has 4 heteroatoms. The fourth-order valence-electron chi connectivity index (χ4n) is 2.37. The van der Waals surface area contributed by atoms with Gasteiger partial charge in [-0.3, -0.25) is 0 Å². The summed E-state index contributed by atoms with van der Waals surface area (Å²) in [5.41, 5.74) is 1.03. The largest absolute Gasteiger partial charge is 1.00 e. The SMILES string of the molecule is COC(=O)C[n+]1cccc2c3ccccc3ccc21.[Br-]. The molecular formula is C16H14BrNO2. The van der Waals surface area contributed by atoms with Gasteiger partial charge in [-0.25, -0.2) is 4.79 Å². The summed E-state index contributed by atoms with van der Waals surface area (Å²) in [7, 11) is 1.41. The molecule has 0 saturated heterocycles. The number of aromatic nitrogens is 1. The average molecular weight is 332 g/mol. The standard InChI is InChI=1S/C16H14NO2.BrH/c1-19-16(18)11-17-10-4-7-14-13-6-3-2-5-12(13)8-9-15(14)17;/h2-10H,11H2,1H3;1H/q+1;/p-1. The highest BCUT2D eigenvalue weighted by Gasteiger charge is 2.14. The Morgan fingerprint density at radius 2 is 1.80 bits per heavy atom. The van der Waals surface area contributed by atoms with Crippen LogP contribution in [-0.2, 0) is 16.1 Å². The third-order valence-electron chi connectivity index (χ3n) is 3.31. The molecule has 1 heterocycles. The molecule has 102 valence electrons. The minimum absolute atomic E-state index is 0. The molecule has 0 amide bonds. The highest BCUT2D eigenvalue weighted by molar-refractivity contribution is 6.04. The Labute approximate surface area is 127 Å². The quantitative estimate of drug-likeness (QED) is 0.358. The first-order valence-electron chi connectivity index (χ1n) is 6.16. The lowest BCUT2D eigenvalue weighted by Crippen LogP contribution is -3.00. The van der Waals surface area contributed by atoms with E-state index < -0.39 is 0 Å². The molecule has 0 spiro atoms. The molecule has 0 fully saturated rings. The molecule has 0 atom stereocenters. The van der Waals surface area contributed by atoms with E-state index in [-0.39, 0.29) is 29.5 Å². The van der Waals surface area contributed by atoms with Gasteiger partial charge in [-0.1, -0.05) is 24.3 Å². The molecule has 0 bridgehead atoms. The smallest absolute Gasteiger partial charge is 0.372 e. The van der Waals surface area contributed by atoms with Crippen LogP contribution in [0, 0.1) is 0 Å². The topological polar surface area (TPSA) is 30.2 Å². The zero-order chi connectivity index (χ0) is 13.2. The number of pyridine rings is 1. The molecule has 3 aromatic rings. The molecule has 0 aliphatic rings. The van der Waals surface area contributed by atoms with Gasteiger partial charge in [0.25, 0.3) is 0 Å². The van der Waals surface area contributed by atoms with Crippen molar-refractivity contribution >= 4 is 27.6 Å². The Bertz CT molecular complexity index is 771. The molecule has 0 aliphatic carbocycles. The van der Waals surface area contributed by atoms with Gasteiger partial charge in [0.15, 0.2) is 6.20 Å². The van der Waals surface area contributed by atoms with Crippen LogP contribution in [0.25, 0.3) is 21.7 Å². The first kappa shape index (κ1) is 14.5. The van der Waals surface area contributed by atoms with Crippen LogP contribution in [0.4, 0.5) is 0 Å². The number of carbonyl (C=O) groups excluding carboxylic acids is 1. The maximum Gasteiger partial charge on any atom is 0.372 e. The molecule has 3 nitrogen and oxygen atoms in total. The number of halogens is 1. The molecule has 0 aliphatic heterocycles. The fourth-order valence-corrected chi connectivity index (χ4v) is 2.37. The van der Waals surface area contributed by atoms with Crippen molar-refractivity contribution in [1.29, 1.82) is 0 Å². The van der Waals surface area contributed by atoms with Crippen LogP contribution in [-0.4, -0.2) is 13.1 Å². The average Bonchev–Trinajstić information content (AvgIpc) is 2.47. The second kappa shape index (κ2) is 6.01. The molecule has 1 aromatic heterocycles. The number of rotatable bonds is 2. The number of methoxy groups -OCH3 is 1. The Morgan fingerprint density at radius 1 is 1.05 bits per heavy atom. The van der Waals surface area contributed by atoms with Gasteiger partial charge in [0.1, 0.15) is 0 Å². The molecular weight excluding hydrogens is 318 g/mol. The van der Waals surface area contributed by atoms with E-state index in [0.717, 1.165) is 10.9 Å². The number of ether oxygens (including phenoxy) is 1. The van der Waals surface area contributed by atoms with E-state index in [1.807, 2.05) is 35.0 Å². The molecule has 2 aromatic carbocycles. The highest BCUT2D eigenvalue weighted by atomic mass is 79.9. The van der Waals surface area contributed by atoms with Gasteiger partial charge < -0.3 is 21.7 Å². The third-order valence-corrected chi connectivity index (χ3v) is 3.31. The second-order valence-corrected chi connectivity index (χ2v) is 4.43. The van der Waals surface area contributed by atoms with Crippen molar-refractivity contribution in [3.8, 4) is 0 Å². The molecule has 0 N–H and O–H groups in total. The minimum Gasteiger partial charge on any atom is -1.00 e. The second-order valence-electron chi connectivity index (χ2n) is 4.43. The van der Waals surface area contributed by atoms with Crippen LogP contribution >= 0.6 is 0 Å². The van der Waals surface area contributed by atoms with Gasteiger partial charge in [-0.15, -0.1) is 0 Å². The van der Waals surface area contributed by atoms with Crippen molar-refractivity contribution < 1.29 is 31.1 Å². The maximum atomic E-state index is 11.4. The molecule has 0 saturated carbocycles. The van der Waals surface area contributed by atoms with E-state index in [1.165, 1.54) is 17.9 Å². The van der Waals surface area contributed by atoms with Crippen molar-refractivity contribution in [2.75, 3.05) is 7.11 Å². The summed E-state index contributed by atoms with van der Waals surface area (Å²) < 4.78 is 6.64. The van der Waals surface area contributed by atoms with Gasteiger partial charge in [-0.2, -0.15) is 4.57 Å². The first-order valence-corrected chi connectivity index (χ1v) is 6.16. The van der Waals surface area contributed by atoms with Gasteiger partial charge in [0, 0.05) is 12.1 Å². The number of hydrogen-bond acceptors (Lipinski definition) is 2. The minimum atomic E-state index is -0.245. The number of fused-ring (bicyclic) bond motifs is 3. The van der Waals surface area contributed by atoms with Crippen molar-refractivity contribution in [3.05, 3.63) is 54.7 Å². The van der Waals surface area contributed by atoms with E-state index in [1.54, 1.807) is 0 Å². The number of esters is 1. The number of hydrogen-bond donors (Lipinski definition) is 0. The zero-order valence-electron chi connectivity index (χ0n) is 11.0. The number of carbonyl (C=O) groups is 1. The third kappa shape index (κ3) is 2.51. The monoisotopic (exact) mass is 331 g/mol. The van der Waals surface area contributed by atoms with Crippen molar-refractivity contribution in [2.24, 2.45) is 0 Å². The summed E-state index contributed by atoms with van der Waals surface area (Å²) in [6, 6.07) is 16.4. The summed E-state index contributed by atoms with van der Waals surface area (Å²) in [6.07, 6.45) is 1.90. The predicted octanol–water partition coefficient (Wildman–Crippen LogP) is -0.543. The summed E-state index contributed by atoms with van der Waals surface area (Å²) in [6.45, 7) is 0.228. The van der Waals surface area contributed by atoms with Crippen LogP contribution in [0.2, 0.25) is 0 Å². The molecule has 3 rings (SSSR count). The zero-order valence-corrected chi connectivity index (χ0v) is 12.6. The Hall–Kier alpha value is -1.94. The summed E-state index contributed by atoms with van der Waals surface area (Å²) >= 11 is 0. The van der Waals surface area contributed by atoms with Crippen LogP contribution in [0.1, 0.15) is 0 Å². The lowest BCUT2D eigenvalue weighted by molar-refractivity contribution is -0.660. The van der Waals surface area contributed by atoms with E-state index in [9.17, 15) is 4.79 Å². The summed E-state index contributed by atoms with van der Waals surface area (Å²) in [4.78, 5) is 11.4. The van der Waals surface area contributed by atoms with E-state index in [0.29, 0.717) is 0 Å². The molecule has 20 heavy (non-hydrogen) atoms. The number of nitrogens with zero attached hydrogens (tertiary/aromatic N) is 1. The van der Waals surface area contributed by atoms with Gasteiger partial charge >= 0.3 is 5.97 Å². The van der Waals surface area contributed by atoms with E-state index in [4.69, 9.17) is 4.74 Å². The van der Waals surface area contributed by atoms with Gasteiger partial charge in [0.05, 0.1) is 12.5 Å². The van der Waals surface area contributed by atoms with Gasteiger partial charge in [0.2, 0.25) is 12.1 Å². The van der Waals surface area contributed by atoms with Crippen LogP contribution in [0.5, 0.6) is 0 Å². The van der Waals surface area contributed by atoms with Crippen molar-refractivity contribution in [1.82, 2.24) is 0 Å². The van der Waals surface area contributed by atoms with Crippen LogP contribution in [0.15, 0.2) is 54.7 Å². The maximum absolute atomic E-state index is 11.4. The Morgan fingerprint density at radius 3 is 2.60 bits per heavy atom. The molecule has 0 radical (unpaired) electrons. The fraction of sp³-hybridized carbons (Fsp3) is 0.125. The van der Waals surface area contributed by atoms with E-state index in [2.05, 4.69) is 24.3 Å². The Balaban J connectivity index is 0.00000147. The van der Waals surface area contributed by atoms with Gasteiger partial charge in [-0.05, 0) is 22.9 Å². The van der Waals surface area contributed by atoms with Crippen molar-refractivity contribution in [3.63, 3.8) is 0 Å². The summed E-state index contributed by atoms with van der Waals surface area (Å²) in [5, 5.41) is 3.54. The molecule has 0 unspecified atom stereocenters. The lowest BCUT2D eigenvalue weighted by atomic mass is 10.1. The first-order chi connectivity index (χ1) is 9.29. The number of benzene rings is 2. The van der Waals surface area contributed by atoms with E-state index >= 15 is 0 Å². The Kier molecular flexibility index (Phi) is 4.35. The highest BCUT2D eigenvalue weighted by Crippen LogP contribution is 2.22. The normalized spacial score (nSPS) is 10.2. The lowest BCUT2D eigenvalue weighted by Gasteiger charge is -2.03. The van der Waals surface area contributed by atoms with Crippen LogP contribution < -0.4 is 21.5 Å². The van der Waals surface area contributed by atoms with Crippen molar-refractivity contribution in [2.45, 2.75) is 6.54 Å². The predicted molar refractivity (Wildman–Crippen MR) is 73.7 cm³/mol. The van der Waals surface area contributed by atoms with Crippen LogP contribution in [0.3, 0.4) is 0 Å².